The zero-order valence-corrected chi connectivity index (χ0v) is 8.21. The van der Waals surface area contributed by atoms with Gasteiger partial charge in [0.05, 0.1) is 5.75 Å². The summed E-state index contributed by atoms with van der Waals surface area (Å²) in [5.74, 6) is -3.94. The van der Waals surface area contributed by atoms with Gasteiger partial charge in [-0.05, 0) is 17.7 Å². The highest BCUT2D eigenvalue weighted by Crippen LogP contribution is 2.31. The first-order valence-corrected chi connectivity index (χ1v) is 5.18. The van der Waals surface area contributed by atoms with E-state index in [0.29, 0.717) is 0 Å². The molecule has 0 spiro atoms. The van der Waals surface area contributed by atoms with Crippen molar-refractivity contribution in [2.45, 2.75) is 5.37 Å². The Kier molecular flexibility index (Phi) is 2.60. The van der Waals surface area contributed by atoms with Gasteiger partial charge in [0.25, 0.3) is 0 Å². The van der Waals surface area contributed by atoms with Gasteiger partial charge in [-0.1, -0.05) is 0 Å². The molecule has 1 atom stereocenters. The van der Waals surface area contributed by atoms with Crippen LogP contribution in [0.5, 0.6) is 0 Å². The number of hydrogen-bond donors (Lipinski definition) is 1. The van der Waals surface area contributed by atoms with E-state index in [1.165, 1.54) is 11.8 Å². The van der Waals surface area contributed by atoms with Crippen molar-refractivity contribution < 1.29 is 18.0 Å². The van der Waals surface area contributed by atoms with Crippen LogP contribution in [0.2, 0.25) is 0 Å². The van der Waals surface area contributed by atoms with Crippen molar-refractivity contribution in [1.29, 1.82) is 0 Å². The fourth-order valence-electron chi connectivity index (χ4n) is 1.29. The van der Waals surface area contributed by atoms with Gasteiger partial charge in [0, 0.05) is 0 Å². The molecule has 1 heterocycles. The second-order valence-electron chi connectivity index (χ2n) is 3.06. The molecule has 2 rings (SSSR count). The third-order valence-electron chi connectivity index (χ3n) is 1.98. The highest BCUT2D eigenvalue weighted by Gasteiger charge is 2.25. The minimum Gasteiger partial charge on any atom is -0.339 e. The highest BCUT2D eigenvalue weighted by atomic mass is 32.2. The monoisotopic (exact) mass is 233 g/mol. The summed E-state index contributed by atoms with van der Waals surface area (Å²) in [5.41, 5.74) is 0.224. The minimum atomic E-state index is -1.49. The van der Waals surface area contributed by atoms with Gasteiger partial charge >= 0.3 is 0 Å². The van der Waals surface area contributed by atoms with Gasteiger partial charge in [-0.3, -0.25) is 4.79 Å². The molecular weight excluding hydrogens is 227 g/mol. The second-order valence-corrected chi connectivity index (χ2v) is 4.15. The van der Waals surface area contributed by atoms with E-state index in [1.807, 2.05) is 0 Å². The number of amides is 1. The van der Waals surface area contributed by atoms with Crippen LogP contribution in [-0.2, 0) is 4.79 Å². The van der Waals surface area contributed by atoms with Gasteiger partial charge in [-0.25, -0.2) is 13.2 Å². The maximum absolute atomic E-state index is 12.9. The Labute approximate surface area is 87.9 Å². The maximum Gasteiger partial charge on any atom is 0.231 e. The van der Waals surface area contributed by atoms with Crippen LogP contribution in [-0.4, -0.2) is 11.7 Å². The number of rotatable bonds is 1. The van der Waals surface area contributed by atoms with Crippen LogP contribution in [0.1, 0.15) is 10.9 Å². The number of thioether (sulfide) groups is 1. The highest BCUT2D eigenvalue weighted by molar-refractivity contribution is 8.00. The molecule has 1 saturated heterocycles. The molecule has 0 saturated carbocycles. The zero-order chi connectivity index (χ0) is 11.0. The SMILES string of the molecule is O=C1CSC(c2cc(F)c(F)c(F)c2)N1. The first-order chi connectivity index (χ1) is 7.08. The number of halogens is 3. The number of carbonyl (C=O) groups excluding carboxylic acids is 1. The van der Waals surface area contributed by atoms with Crippen LogP contribution in [0, 0.1) is 17.5 Å². The molecule has 0 aromatic heterocycles. The third-order valence-corrected chi connectivity index (χ3v) is 3.13. The van der Waals surface area contributed by atoms with Crippen molar-refractivity contribution in [3.05, 3.63) is 35.1 Å². The van der Waals surface area contributed by atoms with Gasteiger partial charge in [-0.2, -0.15) is 0 Å². The first kappa shape index (κ1) is 10.4. The zero-order valence-electron chi connectivity index (χ0n) is 7.39. The average Bonchev–Trinajstić information content (AvgIpc) is 2.60. The lowest BCUT2D eigenvalue weighted by Gasteiger charge is -2.09. The van der Waals surface area contributed by atoms with E-state index in [1.54, 1.807) is 0 Å². The molecule has 1 amide bonds. The Bertz CT molecular complexity index is 401. The number of nitrogens with one attached hydrogen (secondary N) is 1. The molecule has 1 aliphatic rings. The van der Waals surface area contributed by atoms with E-state index in [9.17, 15) is 18.0 Å². The third kappa shape index (κ3) is 1.94. The van der Waals surface area contributed by atoms with E-state index in [0.717, 1.165) is 12.1 Å². The maximum atomic E-state index is 12.9. The van der Waals surface area contributed by atoms with Crippen LogP contribution in [0.4, 0.5) is 13.2 Å². The predicted molar refractivity (Wildman–Crippen MR) is 49.7 cm³/mol. The molecule has 1 fully saturated rings. The van der Waals surface area contributed by atoms with Gasteiger partial charge in [-0.15, -0.1) is 11.8 Å². The molecule has 15 heavy (non-hydrogen) atoms. The summed E-state index contributed by atoms with van der Waals surface area (Å²) < 4.78 is 38.3. The molecule has 1 unspecified atom stereocenters. The van der Waals surface area contributed by atoms with Gasteiger partial charge in [0.15, 0.2) is 17.5 Å². The summed E-state index contributed by atoms with van der Waals surface area (Å²) in [7, 11) is 0. The van der Waals surface area contributed by atoms with Crippen molar-refractivity contribution in [3.63, 3.8) is 0 Å². The summed E-state index contributed by atoms with van der Waals surface area (Å²) in [6, 6.07) is 1.78. The standard InChI is InChI=1S/C9H6F3NOS/c10-5-1-4(2-6(11)8(5)12)9-13-7(14)3-15-9/h1-2,9H,3H2,(H,13,14). The lowest BCUT2D eigenvalue weighted by Crippen LogP contribution is -2.19. The largest absolute Gasteiger partial charge is 0.339 e. The van der Waals surface area contributed by atoms with E-state index < -0.39 is 22.8 Å². The lowest BCUT2D eigenvalue weighted by molar-refractivity contribution is -0.118. The fraction of sp³-hybridized carbons (Fsp3) is 0.222. The van der Waals surface area contributed by atoms with Crippen LogP contribution < -0.4 is 5.32 Å². The van der Waals surface area contributed by atoms with Crippen LogP contribution in [0.3, 0.4) is 0 Å². The van der Waals surface area contributed by atoms with Gasteiger partial charge in [0.1, 0.15) is 5.37 Å². The Morgan fingerprint density at radius 3 is 2.33 bits per heavy atom. The Hall–Kier alpha value is -1.17. The Morgan fingerprint density at radius 1 is 1.27 bits per heavy atom. The molecule has 80 valence electrons. The van der Waals surface area contributed by atoms with Crippen molar-refractivity contribution in [3.8, 4) is 0 Å². The molecule has 0 aliphatic carbocycles. The normalized spacial score (nSPS) is 20.5. The first-order valence-electron chi connectivity index (χ1n) is 4.13. The van der Waals surface area contributed by atoms with E-state index >= 15 is 0 Å². The van der Waals surface area contributed by atoms with Gasteiger partial charge < -0.3 is 5.32 Å². The molecular formula is C9H6F3NOS. The topological polar surface area (TPSA) is 29.1 Å². The van der Waals surface area contributed by atoms with Crippen molar-refractivity contribution in [1.82, 2.24) is 5.32 Å². The van der Waals surface area contributed by atoms with Crippen LogP contribution in [0.25, 0.3) is 0 Å². The van der Waals surface area contributed by atoms with E-state index in [2.05, 4.69) is 5.32 Å². The number of carbonyl (C=O) groups is 1. The summed E-state index contributed by atoms with van der Waals surface area (Å²) in [6.45, 7) is 0. The molecule has 1 aliphatic heterocycles. The summed E-state index contributed by atoms with van der Waals surface area (Å²) >= 11 is 1.21. The molecule has 0 bridgehead atoms. The van der Waals surface area contributed by atoms with Crippen molar-refractivity contribution in [2.75, 3.05) is 5.75 Å². The molecule has 1 aromatic rings. The van der Waals surface area contributed by atoms with Crippen molar-refractivity contribution in [2.24, 2.45) is 0 Å². The van der Waals surface area contributed by atoms with Gasteiger partial charge in [0.2, 0.25) is 5.91 Å². The smallest absolute Gasteiger partial charge is 0.231 e. The Morgan fingerprint density at radius 2 is 1.87 bits per heavy atom. The predicted octanol–water partition coefficient (Wildman–Crippen LogP) is 1.97. The molecule has 0 radical (unpaired) electrons. The summed E-state index contributed by atoms with van der Waals surface area (Å²) in [4.78, 5) is 10.9. The minimum absolute atomic E-state index is 0.199. The summed E-state index contributed by atoms with van der Waals surface area (Å²) in [5, 5.41) is 2.01. The lowest BCUT2D eigenvalue weighted by atomic mass is 10.2. The van der Waals surface area contributed by atoms with Crippen LogP contribution in [0.15, 0.2) is 12.1 Å². The van der Waals surface area contributed by atoms with Crippen LogP contribution >= 0.6 is 11.8 Å². The van der Waals surface area contributed by atoms with E-state index in [-0.39, 0.29) is 17.2 Å². The average molecular weight is 233 g/mol. The fourth-order valence-corrected chi connectivity index (χ4v) is 2.24. The number of benzene rings is 1. The Balaban J connectivity index is 2.33. The van der Waals surface area contributed by atoms with E-state index in [4.69, 9.17) is 0 Å². The summed E-state index contributed by atoms with van der Waals surface area (Å²) in [6.07, 6.45) is 0. The quantitative estimate of drug-likeness (QED) is 0.751. The molecule has 1 aromatic carbocycles. The number of hydrogen-bond acceptors (Lipinski definition) is 2. The molecule has 2 nitrogen and oxygen atoms in total. The molecule has 1 N–H and O–H groups in total. The second kappa shape index (κ2) is 3.77. The van der Waals surface area contributed by atoms with Crippen molar-refractivity contribution >= 4 is 17.7 Å². The molecule has 6 heteroatoms.